The Balaban J connectivity index is 2.42. The van der Waals surface area contributed by atoms with E-state index in [-0.39, 0.29) is 24.4 Å². The highest BCUT2D eigenvalue weighted by Crippen LogP contribution is 2.44. The van der Waals surface area contributed by atoms with Crippen LogP contribution >= 0.6 is 11.6 Å². The number of carbonyl (C=O) groups excluding carboxylic acids is 2. The number of carbonyl (C=O) groups is 3. The molecule has 0 saturated carbocycles. The van der Waals surface area contributed by atoms with Crippen molar-refractivity contribution in [2.24, 2.45) is 5.41 Å². The molecule has 1 aromatic rings. The van der Waals surface area contributed by atoms with E-state index < -0.39 is 17.0 Å². The van der Waals surface area contributed by atoms with Crippen LogP contribution in [0.3, 0.4) is 0 Å². The third-order valence-corrected chi connectivity index (χ3v) is 6.70. The van der Waals surface area contributed by atoms with Crippen LogP contribution < -0.4 is 0 Å². The molecule has 0 aromatic heterocycles. The third-order valence-electron chi connectivity index (χ3n) is 6.45. The number of carboxylic acid groups (broad SMARTS) is 1. The molecule has 1 heterocycles. The van der Waals surface area contributed by atoms with E-state index in [1.54, 1.807) is 31.1 Å². The van der Waals surface area contributed by atoms with Crippen molar-refractivity contribution in [3.8, 4) is 0 Å². The van der Waals surface area contributed by atoms with Gasteiger partial charge in [0.15, 0.2) is 0 Å². The summed E-state index contributed by atoms with van der Waals surface area (Å²) in [6.07, 6.45) is 2.30. The van der Waals surface area contributed by atoms with E-state index in [1.165, 1.54) is 0 Å². The number of hydrogen-bond acceptors (Lipinski definition) is 4. The Bertz CT molecular complexity index is 813. The maximum absolute atomic E-state index is 13.7. The number of benzene rings is 1. The molecule has 7 nitrogen and oxygen atoms in total. The molecule has 1 aliphatic heterocycles. The predicted molar refractivity (Wildman–Crippen MR) is 123 cm³/mol. The van der Waals surface area contributed by atoms with Crippen LogP contribution in [-0.4, -0.2) is 65.0 Å². The summed E-state index contributed by atoms with van der Waals surface area (Å²) < 4.78 is 5.47. The summed E-state index contributed by atoms with van der Waals surface area (Å²) in [5.41, 5.74) is -0.563. The summed E-state index contributed by atoms with van der Waals surface area (Å²) in [5.74, 6) is -1.18. The second-order valence-electron chi connectivity index (χ2n) is 9.51. The maximum Gasteiger partial charge on any atom is 0.304 e. The fourth-order valence-electron chi connectivity index (χ4n) is 4.47. The quantitative estimate of drug-likeness (QED) is 0.495. The van der Waals surface area contributed by atoms with E-state index in [4.69, 9.17) is 16.3 Å². The van der Waals surface area contributed by atoms with E-state index in [0.29, 0.717) is 37.4 Å². The average Bonchev–Trinajstić information content (AvgIpc) is 2.73. The fourth-order valence-corrected chi connectivity index (χ4v) is 4.59. The molecule has 1 aromatic carbocycles. The summed E-state index contributed by atoms with van der Waals surface area (Å²) in [6, 6.07) is 6.93. The lowest BCUT2D eigenvalue weighted by Crippen LogP contribution is -2.56. The van der Waals surface area contributed by atoms with Gasteiger partial charge in [0.25, 0.3) is 0 Å². The van der Waals surface area contributed by atoms with Gasteiger partial charge >= 0.3 is 5.97 Å². The molecule has 0 radical (unpaired) electrons. The first-order valence-electron chi connectivity index (χ1n) is 11.0. The molecule has 1 aliphatic rings. The number of piperidine rings is 1. The molecule has 3 atom stereocenters. The molecule has 0 spiro atoms. The van der Waals surface area contributed by atoms with Gasteiger partial charge in [-0.05, 0) is 50.8 Å². The minimum Gasteiger partial charge on any atom is -0.481 e. The van der Waals surface area contributed by atoms with Gasteiger partial charge in [0, 0.05) is 31.3 Å². The van der Waals surface area contributed by atoms with Crippen molar-refractivity contribution in [2.75, 3.05) is 20.2 Å². The second kappa shape index (κ2) is 10.7. The standard InChI is InChI=1S/C24H35ClN2O5/c1-6-19(14-26(16-28)15-23(2,3)32-5)27-20(17-7-9-18(25)10-8-17)11-12-24(4,22(27)31)13-21(29)30/h7-10,16,19-20H,6,11-15H2,1-5H3,(H,29,30)/t19?,20?,24-/m1/s1. The molecule has 0 aliphatic carbocycles. The Morgan fingerprint density at radius 1 is 1.41 bits per heavy atom. The maximum atomic E-state index is 13.7. The molecule has 0 bridgehead atoms. The minimum absolute atomic E-state index is 0.185. The summed E-state index contributed by atoms with van der Waals surface area (Å²) >= 11 is 6.07. The Labute approximate surface area is 195 Å². The van der Waals surface area contributed by atoms with Crippen LogP contribution in [0.15, 0.2) is 24.3 Å². The molecule has 2 unspecified atom stereocenters. The van der Waals surface area contributed by atoms with Gasteiger partial charge in [0.1, 0.15) is 0 Å². The van der Waals surface area contributed by atoms with Gasteiger partial charge in [-0.1, -0.05) is 37.6 Å². The number of amides is 2. The van der Waals surface area contributed by atoms with Crippen molar-refractivity contribution >= 4 is 29.9 Å². The van der Waals surface area contributed by atoms with Crippen LogP contribution in [-0.2, 0) is 19.1 Å². The van der Waals surface area contributed by atoms with E-state index in [2.05, 4.69) is 0 Å². The van der Waals surface area contributed by atoms with Crippen molar-refractivity contribution < 1.29 is 24.2 Å². The lowest BCUT2D eigenvalue weighted by molar-refractivity contribution is -0.160. The number of rotatable bonds is 11. The topological polar surface area (TPSA) is 87.2 Å². The first-order chi connectivity index (χ1) is 15.0. The summed E-state index contributed by atoms with van der Waals surface area (Å²) in [5, 5.41) is 10.0. The molecule has 1 saturated heterocycles. The lowest BCUT2D eigenvalue weighted by atomic mass is 9.74. The van der Waals surface area contributed by atoms with Crippen molar-refractivity contribution in [1.29, 1.82) is 0 Å². The van der Waals surface area contributed by atoms with Gasteiger partial charge in [-0.3, -0.25) is 14.4 Å². The minimum atomic E-state index is -0.991. The van der Waals surface area contributed by atoms with Crippen LogP contribution in [0.1, 0.15) is 65.0 Å². The highest BCUT2D eigenvalue weighted by Gasteiger charge is 2.47. The van der Waals surface area contributed by atoms with E-state index in [9.17, 15) is 19.5 Å². The van der Waals surface area contributed by atoms with Crippen molar-refractivity contribution in [2.45, 2.75) is 71.1 Å². The van der Waals surface area contributed by atoms with Gasteiger partial charge in [-0.25, -0.2) is 0 Å². The number of likely N-dealkylation sites (tertiary alicyclic amines) is 1. The fraction of sp³-hybridized carbons (Fsp3) is 0.625. The largest absolute Gasteiger partial charge is 0.481 e. The van der Waals surface area contributed by atoms with Gasteiger partial charge in [-0.2, -0.15) is 0 Å². The number of aliphatic carboxylic acids is 1. The van der Waals surface area contributed by atoms with Gasteiger partial charge < -0.3 is 19.6 Å². The Morgan fingerprint density at radius 2 is 2.03 bits per heavy atom. The molecule has 178 valence electrons. The number of halogens is 1. The Hall–Kier alpha value is -2.12. The van der Waals surface area contributed by atoms with E-state index >= 15 is 0 Å². The Kier molecular flexibility index (Phi) is 8.71. The summed E-state index contributed by atoms with van der Waals surface area (Å²) in [7, 11) is 1.60. The molecule has 32 heavy (non-hydrogen) atoms. The van der Waals surface area contributed by atoms with E-state index in [0.717, 1.165) is 12.0 Å². The van der Waals surface area contributed by atoms with Crippen LogP contribution in [0, 0.1) is 5.41 Å². The zero-order valence-corrected chi connectivity index (χ0v) is 20.4. The van der Waals surface area contributed by atoms with Crippen molar-refractivity contribution in [3.05, 3.63) is 34.9 Å². The number of carboxylic acids is 1. The van der Waals surface area contributed by atoms with Crippen LogP contribution in [0.5, 0.6) is 0 Å². The zero-order chi connectivity index (χ0) is 24.1. The van der Waals surface area contributed by atoms with E-state index in [1.807, 2.05) is 37.8 Å². The monoisotopic (exact) mass is 466 g/mol. The van der Waals surface area contributed by atoms with Crippen LogP contribution in [0.4, 0.5) is 0 Å². The first-order valence-corrected chi connectivity index (χ1v) is 11.4. The van der Waals surface area contributed by atoms with Gasteiger partial charge in [0.2, 0.25) is 12.3 Å². The first kappa shape index (κ1) is 26.1. The number of nitrogens with zero attached hydrogens (tertiary/aromatic N) is 2. The number of methoxy groups -OCH3 is 1. The summed E-state index contributed by atoms with van der Waals surface area (Å²) in [6.45, 7) is 8.22. The molecular formula is C24H35ClN2O5. The normalized spacial score (nSPS) is 22.5. The predicted octanol–water partition coefficient (Wildman–Crippen LogP) is 4.15. The van der Waals surface area contributed by atoms with Gasteiger partial charge in [0.05, 0.1) is 23.5 Å². The van der Waals surface area contributed by atoms with Crippen LogP contribution in [0.25, 0.3) is 0 Å². The number of hydrogen-bond donors (Lipinski definition) is 1. The third kappa shape index (κ3) is 6.23. The zero-order valence-electron chi connectivity index (χ0n) is 19.6. The SMILES string of the molecule is CCC(CN(C=O)CC(C)(C)OC)N1C(=O)[C@@](C)(CC(=O)O)CCC1c1ccc(Cl)cc1. The van der Waals surface area contributed by atoms with Crippen LogP contribution in [0.2, 0.25) is 5.02 Å². The molecule has 2 amide bonds. The smallest absolute Gasteiger partial charge is 0.304 e. The Morgan fingerprint density at radius 3 is 2.53 bits per heavy atom. The van der Waals surface area contributed by atoms with Crippen molar-refractivity contribution in [1.82, 2.24) is 9.80 Å². The van der Waals surface area contributed by atoms with Crippen molar-refractivity contribution in [3.63, 3.8) is 0 Å². The number of ether oxygens (including phenoxy) is 1. The second-order valence-corrected chi connectivity index (χ2v) is 9.95. The summed E-state index contributed by atoms with van der Waals surface area (Å²) in [4.78, 5) is 40.6. The molecule has 1 N–H and O–H groups in total. The average molecular weight is 467 g/mol. The highest BCUT2D eigenvalue weighted by atomic mass is 35.5. The molecule has 8 heteroatoms. The lowest BCUT2D eigenvalue weighted by Gasteiger charge is -2.48. The molecule has 2 rings (SSSR count). The highest BCUT2D eigenvalue weighted by molar-refractivity contribution is 6.30. The van der Waals surface area contributed by atoms with Gasteiger partial charge in [-0.15, -0.1) is 0 Å². The molecular weight excluding hydrogens is 432 g/mol. The molecule has 1 fully saturated rings.